The monoisotopic (exact) mass is 638 g/mol. The highest BCUT2D eigenvalue weighted by atomic mass is 79.9. The number of likely N-dealkylation sites (tertiary alicyclic amines) is 1. The fraction of sp³-hybridized carbons (Fsp3) is 0.593. The number of piperidine rings is 1. The smallest absolute Gasteiger partial charge is 0.416 e. The summed E-state index contributed by atoms with van der Waals surface area (Å²) in [5.41, 5.74) is -3.65. The Morgan fingerprint density at radius 2 is 1.43 bits per heavy atom. The zero-order valence-corrected chi connectivity index (χ0v) is 24.5. The van der Waals surface area contributed by atoms with Gasteiger partial charge in [-0.15, -0.1) is 0 Å². The average molecular weight is 639 g/mol. The number of anilines is 1. The van der Waals surface area contributed by atoms with Gasteiger partial charge in [-0.2, -0.15) is 26.3 Å². The van der Waals surface area contributed by atoms with Crippen LogP contribution >= 0.6 is 15.9 Å². The predicted octanol–water partition coefficient (Wildman–Crippen LogP) is 8.24. The van der Waals surface area contributed by atoms with E-state index in [4.69, 9.17) is 4.74 Å². The number of aromatic nitrogens is 2. The second-order valence-electron chi connectivity index (χ2n) is 10.9. The molecule has 0 aliphatic carbocycles. The molecule has 2 heterocycles. The molecule has 1 unspecified atom stereocenters. The van der Waals surface area contributed by atoms with Crippen molar-refractivity contribution >= 4 is 28.0 Å². The first-order valence-corrected chi connectivity index (χ1v) is 13.8. The molecule has 222 valence electrons. The summed E-state index contributed by atoms with van der Waals surface area (Å²) in [4.78, 5) is 25.1. The molecule has 40 heavy (non-hydrogen) atoms. The van der Waals surface area contributed by atoms with Gasteiger partial charge in [-0.1, -0.05) is 13.8 Å². The van der Waals surface area contributed by atoms with Crippen molar-refractivity contribution in [3.8, 4) is 0 Å². The molecule has 1 aromatic heterocycles. The van der Waals surface area contributed by atoms with Gasteiger partial charge in [0.05, 0.1) is 15.6 Å². The zero-order chi connectivity index (χ0) is 30.0. The van der Waals surface area contributed by atoms with E-state index < -0.39 is 35.2 Å². The third-order valence-electron chi connectivity index (χ3n) is 6.73. The highest BCUT2D eigenvalue weighted by molar-refractivity contribution is 9.10. The first kappa shape index (κ1) is 32.0. The fourth-order valence-corrected chi connectivity index (χ4v) is 5.17. The topological polar surface area (TPSA) is 58.6 Å². The molecular formula is C27H33BrF6N4O2. The van der Waals surface area contributed by atoms with Crippen molar-refractivity contribution in [3.63, 3.8) is 0 Å². The standard InChI is InChI=1S/C27H33BrF6N4O2/c1-6-20-11-22(12-21(7-2)38(20)24(39)40-25(3,4)5)37(23-35-13-19(28)14-36-23)15-16-8-17(26(29,30)31)10-18(9-16)27(32,33)34/h8-10,13-14,20-22H,6-7,11-12,15H2,1-5H3/t20-,21+,22?. The van der Waals surface area contributed by atoms with Crippen molar-refractivity contribution in [3.05, 3.63) is 51.8 Å². The molecule has 1 aliphatic heterocycles. The quantitative estimate of drug-likeness (QED) is 0.298. The van der Waals surface area contributed by atoms with E-state index in [1.165, 1.54) is 12.4 Å². The Labute approximate surface area is 238 Å². The van der Waals surface area contributed by atoms with Crippen molar-refractivity contribution in [2.75, 3.05) is 4.90 Å². The minimum Gasteiger partial charge on any atom is -0.444 e. The number of alkyl halides is 6. The summed E-state index contributed by atoms with van der Waals surface area (Å²) in [6.45, 7) is 8.86. The lowest BCUT2D eigenvalue weighted by Crippen LogP contribution is -2.57. The van der Waals surface area contributed by atoms with Gasteiger partial charge in [0.2, 0.25) is 5.95 Å². The van der Waals surface area contributed by atoms with Crippen LogP contribution in [0.2, 0.25) is 0 Å². The molecule has 3 atom stereocenters. The lowest BCUT2D eigenvalue weighted by atomic mass is 9.87. The van der Waals surface area contributed by atoms with Gasteiger partial charge >= 0.3 is 18.4 Å². The number of nitrogens with zero attached hydrogens (tertiary/aromatic N) is 4. The minimum absolute atomic E-state index is 0.115. The zero-order valence-electron chi connectivity index (χ0n) is 22.9. The van der Waals surface area contributed by atoms with Crippen molar-refractivity contribution in [1.82, 2.24) is 14.9 Å². The number of ether oxygens (including phenoxy) is 1. The normalized spacial score (nSPS) is 20.4. The van der Waals surface area contributed by atoms with E-state index in [1.54, 1.807) is 30.6 Å². The molecule has 0 saturated carbocycles. The Kier molecular flexibility index (Phi) is 9.68. The minimum atomic E-state index is -4.96. The first-order valence-electron chi connectivity index (χ1n) is 13.0. The van der Waals surface area contributed by atoms with Gasteiger partial charge < -0.3 is 14.5 Å². The van der Waals surface area contributed by atoms with Gasteiger partial charge in [0.1, 0.15) is 5.60 Å². The van der Waals surface area contributed by atoms with Crippen LogP contribution in [-0.4, -0.2) is 44.7 Å². The van der Waals surface area contributed by atoms with Crippen molar-refractivity contribution in [1.29, 1.82) is 0 Å². The number of hydrogen-bond acceptors (Lipinski definition) is 5. The summed E-state index contributed by atoms with van der Waals surface area (Å²) in [6, 6.07) is 0.645. The maximum absolute atomic E-state index is 13.6. The molecule has 1 amide bonds. The number of hydrogen-bond donors (Lipinski definition) is 0. The third kappa shape index (κ3) is 8.01. The lowest BCUT2D eigenvalue weighted by molar-refractivity contribution is -0.143. The van der Waals surface area contributed by atoms with Gasteiger partial charge in [-0.05, 0) is 86.1 Å². The lowest BCUT2D eigenvalue weighted by Gasteiger charge is -2.48. The second kappa shape index (κ2) is 12.1. The summed E-state index contributed by atoms with van der Waals surface area (Å²) < 4.78 is 87.6. The van der Waals surface area contributed by atoms with Crippen LogP contribution in [0.5, 0.6) is 0 Å². The number of amides is 1. The van der Waals surface area contributed by atoms with Crippen LogP contribution in [0.15, 0.2) is 35.1 Å². The predicted molar refractivity (Wildman–Crippen MR) is 142 cm³/mol. The molecule has 0 bridgehead atoms. The Morgan fingerprint density at radius 1 is 0.950 bits per heavy atom. The van der Waals surface area contributed by atoms with Gasteiger partial charge in [0.25, 0.3) is 0 Å². The number of carbonyl (C=O) groups is 1. The molecule has 1 aliphatic rings. The molecule has 2 aromatic rings. The maximum atomic E-state index is 13.6. The Bertz CT molecular complexity index is 1120. The first-order chi connectivity index (χ1) is 18.4. The number of halogens is 7. The molecule has 3 rings (SSSR count). The average Bonchev–Trinajstić information content (AvgIpc) is 2.84. The maximum Gasteiger partial charge on any atom is 0.416 e. The van der Waals surface area contributed by atoms with Gasteiger partial charge in [0.15, 0.2) is 0 Å². The summed E-state index contributed by atoms with van der Waals surface area (Å²) in [5, 5.41) is 0. The van der Waals surface area contributed by atoms with E-state index in [0.29, 0.717) is 30.2 Å². The van der Waals surface area contributed by atoms with Gasteiger partial charge in [-0.25, -0.2) is 14.8 Å². The van der Waals surface area contributed by atoms with Crippen molar-refractivity contribution in [2.45, 2.75) is 103 Å². The summed E-state index contributed by atoms with van der Waals surface area (Å²) in [5.74, 6) is 0.162. The van der Waals surface area contributed by atoms with Gasteiger partial charge in [0, 0.05) is 37.1 Å². The number of benzene rings is 1. The molecule has 13 heteroatoms. The second-order valence-corrected chi connectivity index (χ2v) is 11.8. The van der Waals surface area contributed by atoms with E-state index in [1.807, 2.05) is 13.8 Å². The molecule has 1 fully saturated rings. The highest BCUT2D eigenvalue weighted by Gasteiger charge is 2.42. The summed E-state index contributed by atoms with van der Waals surface area (Å²) in [7, 11) is 0. The van der Waals surface area contributed by atoms with Crippen LogP contribution < -0.4 is 4.90 Å². The fourth-order valence-electron chi connectivity index (χ4n) is 4.97. The molecule has 0 radical (unpaired) electrons. The van der Waals surface area contributed by atoms with E-state index in [9.17, 15) is 31.1 Å². The van der Waals surface area contributed by atoms with Gasteiger partial charge in [-0.3, -0.25) is 0 Å². The number of carbonyl (C=O) groups excluding carboxylic acids is 1. The van der Waals surface area contributed by atoms with Crippen LogP contribution in [0, 0.1) is 0 Å². The SMILES string of the molecule is CC[C@@H]1CC(N(Cc2cc(C(F)(F)F)cc(C(F)(F)F)c2)c2ncc(Br)cn2)C[C@H](CC)N1C(=O)OC(C)(C)C. The largest absolute Gasteiger partial charge is 0.444 e. The van der Waals surface area contributed by atoms with Crippen molar-refractivity contribution in [2.24, 2.45) is 0 Å². The van der Waals surface area contributed by atoms with E-state index >= 15 is 0 Å². The summed E-state index contributed by atoms with van der Waals surface area (Å²) in [6.07, 6.45) is -5.51. The molecule has 1 saturated heterocycles. The van der Waals surface area contributed by atoms with E-state index in [-0.39, 0.29) is 42.2 Å². The Morgan fingerprint density at radius 3 is 1.82 bits per heavy atom. The molecule has 0 N–H and O–H groups in total. The molecule has 1 aromatic carbocycles. The molecule has 0 spiro atoms. The molecule has 6 nitrogen and oxygen atoms in total. The van der Waals surface area contributed by atoms with Crippen molar-refractivity contribution < 1.29 is 35.9 Å². The third-order valence-corrected chi connectivity index (χ3v) is 7.14. The van der Waals surface area contributed by atoms with Crippen LogP contribution in [0.1, 0.15) is 77.0 Å². The number of rotatable bonds is 6. The van der Waals surface area contributed by atoms with Crippen LogP contribution in [0.25, 0.3) is 0 Å². The Balaban J connectivity index is 2.05. The van der Waals surface area contributed by atoms with E-state index in [2.05, 4.69) is 25.9 Å². The summed E-state index contributed by atoms with van der Waals surface area (Å²) >= 11 is 3.26. The highest BCUT2D eigenvalue weighted by Crippen LogP contribution is 2.38. The van der Waals surface area contributed by atoms with Crippen LogP contribution in [0.3, 0.4) is 0 Å². The Hall–Kier alpha value is -2.57. The van der Waals surface area contributed by atoms with Crippen LogP contribution in [0.4, 0.5) is 37.1 Å². The molecular weight excluding hydrogens is 606 g/mol. The van der Waals surface area contributed by atoms with E-state index in [0.717, 1.165) is 12.1 Å². The van der Waals surface area contributed by atoms with Crippen LogP contribution in [-0.2, 0) is 23.6 Å².